The van der Waals surface area contributed by atoms with Gasteiger partial charge in [0.15, 0.2) is 6.17 Å². The number of rotatable bonds is 3. The van der Waals surface area contributed by atoms with Gasteiger partial charge in [-0.15, -0.1) is 0 Å². The second-order valence-electron chi connectivity index (χ2n) is 9.86. The van der Waals surface area contributed by atoms with E-state index in [9.17, 15) is 4.79 Å². The van der Waals surface area contributed by atoms with Crippen LogP contribution in [0.1, 0.15) is 45.6 Å². The van der Waals surface area contributed by atoms with Crippen LogP contribution in [0.25, 0.3) is 11.1 Å². The molecule has 8 heteroatoms. The SMILES string of the molecule is CC[C@@]1(c2cccc(-c3cnn4c3OCCC4)c2)C2=CN=NC2NC2=C1C(=O)NC(C)(C)C2. The van der Waals surface area contributed by atoms with Gasteiger partial charge < -0.3 is 15.4 Å². The third-order valence-electron chi connectivity index (χ3n) is 7.24. The molecule has 2 aromatic rings. The van der Waals surface area contributed by atoms with E-state index in [1.54, 1.807) is 0 Å². The molecule has 1 aromatic heterocycles. The molecule has 2 atom stereocenters. The Kier molecular flexibility index (Phi) is 4.31. The van der Waals surface area contributed by atoms with Crippen molar-refractivity contribution in [2.45, 2.75) is 63.7 Å². The van der Waals surface area contributed by atoms with Crippen LogP contribution in [-0.2, 0) is 16.8 Å². The monoisotopic (exact) mass is 444 g/mol. The molecule has 0 bridgehead atoms. The average Bonchev–Trinajstić information content (AvgIpc) is 3.44. The second-order valence-corrected chi connectivity index (χ2v) is 9.86. The molecule has 0 spiro atoms. The van der Waals surface area contributed by atoms with Gasteiger partial charge >= 0.3 is 0 Å². The molecule has 0 fully saturated rings. The first-order valence-electron chi connectivity index (χ1n) is 11.7. The van der Waals surface area contributed by atoms with Crippen molar-refractivity contribution in [1.82, 2.24) is 20.4 Å². The van der Waals surface area contributed by atoms with E-state index in [2.05, 4.69) is 71.0 Å². The number of ether oxygens (including phenoxy) is 1. The highest BCUT2D eigenvalue weighted by Crippen LogP contribution is 2.51. The molecular weight excluding hydrogens is 416 g/mol. The first-order chi connectivity index (χ1) is 15.9. The molecule has 6 rings (SSSR count). The Balaban J connectivity index is 1.54. The van der Waals surface area contributed by atoms with Crippen LogP contribution in [0.2, 0.25) is 0 Å². The van der Waals surface area contributed by atoms with Crippen LogP contribution in [0.4, 0.5) is 0 Å². The minimum Gasteiger partial charge on any atom is -0.477 e. The van der Waals surface area contributed by atoms with Crippen molar-refractivity contribution >= 4 is 5.91 Å². The van der Waals surface area contributed by atoms with E-state index in [1.807, 2.05) is 17.1 Å². The van der Waals surface area contributed by atoms with Gasteiger partial charge in [-0.25, -0.2) is 4.68 Å². The molecular formula is C25H28N6O2. The Hall–Kier alpha value is -3.42. The number of aromatic nitrogens is 2. The number of hydrogen-bond donors (Lipinski definition) is 2. The van der Waals surface area contributed by atoms with Gasteiger partial charge in [0.1, 0.15) is 0 Å². The summed E-state index contributed by atoms with van der Waals surface area (Å²) in [5.41, 5.74) is 4.90. The second kappa shape index (κ2) is 7.04. The first-order valence-corrected chi connectivity index (χ1v) is 11.7. The zero-order valence-corrected chi connectivity index (χ0v) is 19.2. The van der Waals surface area contributed by atoms with Crippen molar-refractivity contribution in [3.8, 4) is 17.0 Å². The third kappa shape index (κ3) is 2.89. The van der Waals surface area contributed by atoms with Crippen molar-refractivity contribution in [1.29, 1.82) is 0 Å². The Morgan fingerprint density at radius 3 is 3.03 bits per heavy atom. The summed E-state index contributed by atoms with van der Waals surface area (Å²) in [6, 6.07) is 8.43. The molecule has 1 amide bonds. The molecule has 5 heterocycles. The van der Waals surface area contributed by atoms with E-state index < -0.39 is 5.41 Å². The summed E-state index contributed by atoms with van der Waals surface area (Å²) < 4.78 is 7.88. The summed E-state index contributed by atoms with van der Waals surface area (Å²) in [5, 5.41) is 19.9. The van der Waals surface area contributed by atoms with Crippen LogP contribution >= 0.6 is 0 Å². The normalized spacial score (nSPS) is 27.1. The van der Waals surface area contributed by atoms with E-state index in [1.165, 1.54) is 0 Å². The molecule has 2 N–H and O–H groups in total. The van der Waals surface area contributed by atoms with Crippen molar-refractivity contribution in [3.63, 3.8) is 0 Å². The van der Waals surface area contributed by atoms with E-state index in [0.29, 0.717) is 6.61 Å². The Morgan fingerprint density at radius 1 is 1.30 bits per heavy atom. The molecule has 170 valence electrons. The standard InChI is InChI=1S/C25H28N6O2/c1-4-25(16-8-5-7-15(11-16)17-13-27-31-9-6-10-33-23(17)31)18-14-26-30-21(18)28-19-12-24(2,3)29-22(32)20(19)25/h5,7-8,11,13-14,21,28H,4,6,9-10,12H2,1-3H3,(H,29,32)/t21?,25-/m1/s1. The van der Waals surface area contributed by atoms with Crippen molar-refractivity contribution in [3.05, 3.63) is 59.1 Å². The van der Waals surface area contributed by atoms with Crippen LogP contribution in [0.15, 0.2) is 63.7 Å². The molecule has 0 aliphatic carbocycles. The molecule has 8 nitrogen and oxygen atoms in total. The third-order valence-corrected chi connectivity index (χ3v) is 7.24. The number of fused-ring (bicyclic) bond motifs is 2. The lowest BCUT2D eigenvalue weighted by Crippen LogP contribution is -2.58. The number of nitrogens with one attached hydrogen (secondary N) is 2. The van der Waals surface area contributed by atoms with E-state index in [4.69, 9.17) is 4.74 Å². The summed E-state index contributed by atoms with van der Waals surface area (Å²) in [6.45, 7) is 7.80. The summed E-state index contributed by atoms with van der Waals surface area (Å²) in [6.07, 6.45) is 5.87. The van der Waals surface area contributed by atoms with Gasteiger partial charge in [-0.05, 0) is 37.5 Å². The number of nitrogens with zero attached hydrogens (tertiary/aromatic N) is 4. The lowest BCUT2D eigenvalue weighted by Gasteiger charge is -2.48. The van der Waals surface area contributed by atoms with Crippen LogP contribution in [0, 0.1) is 0 Å². The number of carbonyl (C=O) groups is 1. The molecule has 0 saturated heterocycles. The number of hydrogen-bond acceptors (Lipinski definition) is 6. The van der Waals surface area contributed by atoms with Gasteiger partial charge in [0.25, 0.3) is 5.91 Å². The number of azo groups is 1. The highest BCUT2D eigenvalue weighted by molar-refractivity contribution is 6.00. The van der Waals surface area contributed by atoms with Crippen LogP contribution < -0.4 is 15.4 Å². The van der Waals surface area contributed by atoms with E-state index in [0.717, 1.165) is 65.2 Å². The molecule has 1 aromatic carbocycles. The average molecular weight is 445 g/mol. The van der Waals surface area contributed by atoms with Crippen molar-refractivity contribution in [2.75, 3.05) is 6.61 Å². The van der Waals surface area contributed by atoms with Gasteiger partial charge in [-0.1, -0.05) is 25.1 Å². The molecule has 33 heavy (non-hydrogen) atoms. The van der Waals surface area contributed by atoms with Crippen LogP contribution in [-0.4, -0.2) is 34.0 Å². The molecule has 1 unspecified atom stereocenters. The minimum absolute atomic E-state index is 0.0292. The largest absolute Gasteiger partial charge is 0.477 e. The zero-order chi connectivity index (χ0) is 22.8. The maximum atomic E-state index is 13.6. The Morgan fingerprint density at radius 2 is 2.18 bits per heavy atom. The maximum Gasteiger partial charge on any atom is 0.250 e. The van der Waals surface area contributed by atoms with Gasteiger partial charge in [0, 0.05) is 36.2 Å². The van der Waals surface area contributed by atoms with Crippen molar-refractivity contribution in [2.24, 2.45) is 10.2 Å². The molecule has 0 radical (unpaired) electrons. The minimum atomic E-state index is -0.612. The fraction of sp³-hybridized carbons (Fsp3) is 0.440. The smallest absolute Gasteiger partial charge is 0.250 e. The summed E-state index contributed by atoms with van der Waals surface area (Å²) in [4.78, 5) is 13.6. The predicted molar refractivity (Wildman–Crippen MR) is 123 cm³/mol. The van der Waals surface area contributed by atoms with Crippen molar-refractivity contribution < 1.29 is 9.53 Å². The van der Waals surface area contributed by atoms with Gasteiger partial charge in [0.2, 0.25) is 5.88 Å². The molecule has 4 aliphatic rings. The summed E-state index contributed by atoms with van der Waals surface area (Å²) >= 11 is 0. The maximum absolute atomic E-state index is 13.6. The number of amides is 1. The lowest BCUT2D eigenvalue weighted by molar-refractivity contribution is -0.120. The Bertz CT molecular complexity index is 1250. The molecule has 0 saturated carbocycles. The summed E-state index contributed by atoms with van der Waals surface area (Å²) in [5.74, 6) is 0.785. The van der Waals surface area contributed by atoms with Gasteiger partial charge in [-0.2, -0.15) is 15.3 Å². The quantitative estimate of drug-likeness (QED) is 0.753. The van der Waals surface area contributed by atoms with Gasteiger partial charge in [-0.3, -0.25) is 4.79 Å². The number of aryl methyl sites for hydroxylation is 1. The first kappa shape index (κ1) is 20.2. The molecule has 4 aliphatic heterocycles. The predicted octanol–water partition coefficient (Wildman–Crippen LogP) is 3.81. The van der Waals surface area contributed by atoms with Crippen LogP contribution in [0.3, 0.4) is 0 Å². The van der Waals surface area contributed by atoms with E-state index >= 15 is 0 Å². The number of benzene rings is 1. The highest BCUT2D eigenvalue weighted by Gasteiger charge is 2.53. The fourth-order valence-electron chi connectivity index (χ4n) is 5.83. The lowest BCUT2D eigenvalue weighted by atomic mass is 9.62. The van der Waals surface area contributed by atoms with Crippen LogP contribution in [0.5, 0.6) is 5.88 Å². The zero-order valence-electron chi connectivity index (χ0n) is 19.2. The van der Waals surface area contributed by atoms with E-state index in [-0.39, 0.29) is 17.6 Å². The van der Waals surface area contributed by atoms with Gasteiger partial charge in [0.05, 0.1) is 35.6 Å². The summed E-state index contributed by atoms with van der Waals surface area (Å²) in [7, 11) is 0. The Labute approximate surface area is 192 Å². The fourth-order valence-corrected chi connectivity index (χ4v) is 5.83. The highest BCUT2D eigenvalue weighted by atomic mass is 16.5. The number of carbonyl (C=O) groups excluding carboxylic acids is 1. The topological polar surface area (TPSA) is 92.9 Å².